The predicted molar refractivity (Wildman–Crippen MR) is 144 cm³/mol. The molecule has 0 saturated carbocycles. The minimum atomic E-state index is -4.70. The van der Waals surface area contributed by atoms with Gasteiger partial charge >= 0.3 is 6.36 Å². The van der Waals surface area contributed by atoms with Crippen LogP contribution < -0.4 is 15.8 Å². The van der Waals surface area contributed by atoms with Crippen LogP contribution in [0.4, 0.5) is 18.9 Å². The highest BCUT2D eigenvalue weighted by molar-refractivity contribution is 7.80. The molecule has 0 fully saturated rings. The highest BCUT2D eigenvalue weighted by Gasteiger charge is 2.31. The molecule has 0 radical (unpaired) electrons. The van der Waals surface area contributed by atoms with Gasteiger partial charge in [-0.3, -0.25) is 0 Å². The van der Waals surface area contributed by atoms with Gasteiger partial charge in [-0.05, 0) is 72.6 Å². The van der Waals surface area contributed by atoms with Gasteiger partial charge in [-0.15, -0.1) is 18.3 Å². The van der Waals surface area contributed by atoms with Crippen molar-refractivity contribution in [3.8, 4) is 22.8 Å². The van der Waals surface area contributed by atoms with Crippen LogP contribution in [0.25, 0.3) is 17.1 Å². The molecule has 3 N–H and O–H groups in total. The van der Waals surface area contributed by atoms with Crippen LogP contribution in [0.3, 0.4) is 0 Å². The highest BCUT2D eigenvalue weighted by Crippen LogP contribution is 2.24. The molecule has 4 aromatic rings. The smallest absolute Gasteiger partial charge is 0.406 e. The summed E-state index contributed by atoms with van der Waals surface area (Å²) < 4.78 is 42.0. The summed E-state index contributed by atoms with van der Waals surface area (Å²) in [5, 5.41) is 7.65. The normalized spacial score (nSPS) is 10.8. The summed E-state index contributed by atoms with van der Waals surface area (Å²) in [6.45, 7) is 4.21. The first-order valence-corrected chi connectivity index (χ1v) is 12.1. The SMILES string of the molecule is CCCc1cccc(-c2ncn(-c3ccc(OC(F)(F)F)cc3)n2)c1.CCc1ccccc1NC(N)=S. The van der Waals surface area contributed by atoms with Crippen LogP contribution >= 0.6 is 12.2 Å². The lowest BCUT2D eigenvalue weighted by atomic mass is 10.1. The van der Waals surface area contributed by atoms with Crippen molar-refractivity contribution >= 4 is 23.0 Å². The number of benzene rings is 3. The van der Waals surface area contributed by atoms with Gasteiger partial charge in [0, 0.05) is 11.3 Å². The Labute approximate surface area is 219 Å². The van der Waals surface area contributed by atoms with Gasteiger partial charge in [-0.25, -0.2) is 9.67 Å². The number of nitrogens with one attached hydrogen (secondary N) is 1. The molecular formula is C27H28F3N5OS. The van der Waals surface area contributed by atoms with E-state index in [1.807, 2.05) is 36.4 Å². The Morgan fingerprint density at radius 3 is 2.41 bits per heavy atom. The van der Waals surface area contributed by atoms with E-state index in [1.165, 1.54) is 46.4 Å². The van der Waals surface area contributed by atoms with E-state index in [9.17, 15) is 13.2 Å². The molecule has 0 spiro atoms. The molecular weight excluding hydrogens is 499 g/mol. The summed E-state index contributed by atoms with van der Waals surface area (Å²) >= 11 is 4.75. The minimum Gasteiger partial charge on any atom is -0.406 e. The van der Waals surface area contributed by atoms with Crippen molar-refractivity contribution in [3.05, 3.63) is 90.3 Å². The Morgan fingerprint density at radius 2 is 1.76 bits per heavy atom. The first kappa shape index (κ1) is 27.7. The second-order valence-corrected chi connectivity index (χ2v) is 8.44. The average molecular weight is 528 g/mol. The molecule has 1 aromatic heterocycles. The number of hydrogen-bond acceptors (Lipinski definition) is 4. The van der Waals surface area contributed by atoms with Gasteiger partial charge < -0.3 is 15.8 Å². The number of aromatic nitrogens is 3. The molecule has 0 amide bonds. The number of alkyl halides is 3. The minimum absolute atomic E-state index is 0.274. The molecule has 3 aromatic carbocycles. The number of nitrogens with zero attached hydrogens (tertiary/aromatic N) is 3. The van der Waals surface area contributed by atoms with Crippen LogP contribution in [0.1, 0.15) is 31.4 Å². The largest absolute Gasteiger partial charge is 0.573 e. The first-order valence-electron chi connectivity index (χ1n) is 11.7. The van der Waals surface area contributed by atoms with Gasteiger partial charge in [0.1, 0.15) is 12.1 Å². The summed E-state index contributed by atoms with van der Waals surface area (Å²) in [6.07, 6.45) is -0.161. The monoisotopic (exact) mass is 527 g/mol. The molecule has 10 heteroatoms. The van der Waals surface area contributed by atoms with Crippen molar-refractivity contribution in [1.29, 1.82) is 0 Å². The van der Waals surface area contributed by atoms with E-state index in [2.05, 4.69) is 46.1 Å². The standard InChI is InChI=1S/C18H16F3N3O.C9H12N2S/c1-2-4-13-5-3-6-14(11-13)17-22-12-24(23-17)15-7-9-16(10-8-15)25-18(19,20)21;1-2-7-5-3-4-6-8(7)11-9(10)12/h3,5-12H,2,4H2,1H3;3-6H,2H2,1H3,(H3,10,11,12). The molecule has 0 bridgehead atoms. The lowest BCUT2D eigenvalue weighted by Gasteiger charge is -2.09. The molecule has 1 heterocycles. The van der Waals surface area contributed by atoms with Crippen molar-refractivity contribution in [2.75, 3.05) is 5.32 Å². The fraction of sp³-hybridized carbons (Fsp3) is 0.222. The van der Waals surface area contributed by atoms with Crippen LogP contribution in [0, 0.1) is 0 Å². The average Bonchev–Trinajstić information content (AvgIpc) is 3.35. The van der Waals surface area contributed by atoms with Gasteiger partial charge in [0.25, 0.3) is 0 Å². The highest BCUT2D eigenvalue weighted by atomic mass is 32.1. The zero-order valence-electron chi connectivity index (χ0n) is 20.5. The molecule has 0 aliphatic rings. The van der Waals surface area contributed by atoms with Crippen LogP contribution in [0.15, 0.2) is 79.1 Å². The van der Waals surface area contributed by atoms with E-state index < -0.39 is 6.36 Å². The van der Waals surface area contributed by atoms with Crippen LogP contribution in [-0.2, 0) is 12.8 Å². The lowest BCUT2D eigenvalue weighted by Crippen LogP contribution is -2.19. The molecule has 0 saturated heterocycles. The topological polar surface area (TPSA) is 78.0 Å². The van der Waals surface area contributed by atoms with Gasteiger partial charge in [0.2, 0.25) is 0 Å². The van der Waals surface area contributed by atoms with Crippen molar-refractivity contribution in [1.82, 2.24) is 14.8 Å². The number of para-hydroxylation sites is 1. The maximum absolute atomic E-state index is 12.2. The van der Waals surface area contributed by atoms with Crippen LogP contribution in [0.5, 0.6) is 5.75 Å². The molecule has 4 rings (SSSR count). The van der Waals surface area contributed by atoms with Gasteiger partial charge in [-0.1, -0.05) is 56.7 Å². The summed E-state index contributed by atoms with van der Waals surface area (Å²) in [5.41, 5.74) is 10.3. The Kier molecular flexibility index (Phi) is 9.62. The fourth-order valence-electron chi connectivity index (χ4n) is 3.56. The van der Waals surface area contributed by atoms with Crippen molar-refractivity contribution in [2.24, 2.45) is 5.73 Å². The van der Waals surface area contributed by atoms with Crippen LogP contribution in [-0.4, -0.2) is 26.2 Å². The number of thiocarbonyl (C=S) groups is 1. The molecule has 0 aliphatic heterocycles. The number of rotatable bonds is 7. The number of ether oxygens (including phenoxy) is 1. The summed E-state index contributed by atoms with van der Waals surface area (Å²) in [4.78, 5) is 4.29. The fourth-order valence-corrected chi connectivity index (χ4v) is 3.67. The number of anilines is 1. The van der Waals surface area contributed by atoms with E-state index >= 15 is 0 Å². The zero-order valence-corrected chi connectivity index (χ0v) is 21.3. The summed E-state index contributed by atoms with van der Waals surface area (Å²) in [6, 6.07) is 21.5. The third kappa shape index (κ3) is 8.60. The Bertz CT molecular complexity index is 1310. The first-order chi connectivity index (χ1) is 17.7. The van der Waals surface area contributed by atoms with Gasteiger partial charge in [0.15, 0.2) is 10.9 Å². The summed E-state index contributed by atoms with van der Waals surface area (Å²) in [7, 11) is 0. The Hall–Kier alpha value is -3.92. The van der Waals surface area contributed by atoms with Gasteiger partial charge in [0.05, 0.1) is 5.69 Å². The van der Waals surface area contributed by atoms with E-state index in [-0.39, 0.29) is 5.75 Å². The maximum atomic E-state index is 12.2. The number of aryl methyl sites for hydroxylation is 2. The quantitative estimate of drug-likeness (QED) is 0.261. The predicted octanol–water partition coefficient (Wildman–Crippen LogP) is 6.69. The van der Waals surface area contributed by atoms with Gasteiger partial charge in [-0.2, -0.15) is 0 Å². The van der Waals surface area contributed by atoms with E-state index in [4.69, 9.17) is 18.0 Å². The lowest BCUT2D eigenvalue weighted by molar-refractivity contribution is -0.274. The molecule has 194 valence electrons. The third-order valence-corrected chi connectivity index (χ3v) is 5.31. The molecule has 0 unspecified atom stereocenters. The van der Waals surface area contributed by atoms with E-state index in [1.54, 1.807) is 0 Å². The summed E-state index contributed by atoms with van der Waals surface area (Å²) in [5.74, 6) is 0.289. The Balaban J connectivity index is 0.000000266. The van der Waals surface area contributed by atoms with Crippen molar-refractivity contribution in [2.45, 2.75) is 39.5 Å². The third-order valence-electron chi connectivity index (χ3n) is 5.21. The molecule has 0 atom stereocenters. The maximum Gasteiger partial charge on any atom is 0.573 e. The second kappa shape index (κ2) is 12.9. The number of nitrogens with two attached hydrogens (primary N) is 1. The number of halogens is 3. The number of hydrogen-bond donors (Lipinski definition) is 2. The molecule has 37 heavy (non-hydrogen) atoms. The second-order valence-electron chi connectivity index (χ2n) is 8.00. The van der Waals surface area contributed by atoms with Crippen molar-refractivity contribution in [3.63, 3.8) is 0 Å². The van der Waals surface area contributed by atoms with Crippen molar-refractivity contribution < 1.29 is 17.9 Å². The van der Waals surface area contributed by atoms with Crippen LogP contribution in [0.2, 0.25) is 0 Å². The van der Waals surface area contributed by atoms with E-state index in [0.29, 0.717) is 16.6 Å². The molecule has 0 aliphatic carbocycles. The Morgan fingerprint density at radius 1 is 1.03 bits per heavy atom. The van der Waals surface area contributed by atoms with E-state index in [0.717, 1.165) is 30.5 Å². The molecule has 6 nitrogen and oxygen atoms in total. The zero-order chi connectivity index (χ0) is 26.8.